The van der Waals surface area contributed by atoms with Gasteiger partial charge in [-0.05, 0) is 36.5 Å². The quantitative estimate of drug-likeness (QED) is 0.562. The van der Waals surface area contributed by atoms with Crippen molar-refractivity contribution < 1.29 is 0 Å². The van der Waals surface area contributed by atoms with Crippen molar-refractivity contribution in [2.45, 2.75) is 33.6 Å². The molecule has 1 rings (SSSR count). The molecule has 0 radical (unpaired) electrons. The largest absolute Gasteiger partial charge is 0.106 e. The highest BCUT2D eigenvalue weighted by atomic mass is 14.1. The molecule has 0 N–H and O–H groups in total. The van der Waals surface area contributed by atoms with Crippen LogP contribution in [0.4, 0.5) is 0 Å². The molecule has 0 spiro atoms. The van der Waals surface area contributed by atoms with Gasteiger partial charge in [0.05, 0.1) is 0 Å². The van der Waals surface area contributed by atoms with Crippen molar-refractivity contribution in [3.8, 4) is 0 Å². The Morgan fingerprint density at radius 2 is 1.38 bits per heavy atom. The van der Waals surface area contributed by atoms with Gasteiger partial charge < -0.3 is 0 Å². The highest BCUT2D eigenvalue weighted by Crippen LogP contribution is 2.22. The first-order valence-corrected chi connectivity index (χ1v) is 4.69. The van der Waals surface area contributed by atoms with Crippen molar-refractivity contribution in [3.63, 3.8) is 0 Å². The molecule has 1 aromatic carbocycles. The summed E-state index contributed by atoms with van der Waals surface area (Å²) in [5, 5.41) is 0. The normalized spacial score (nSPS) is 9.31. The zero-order chi connectivity index (χ0) is 10.4. The second kappa shape index (κ2) is 5.58. The van der Waals surface area contributed by atoms with Crippen LogP contribution in [-0.4, -0.2) is 0 Å². The monoisotopic (exact) mass is 176 g/mol. The lowest BCUT2D eigenvalue weighted by Gasteiger charge is -2.12. The smallest absolute Gasteiger partial charge is 0.0214 e. The van der Waals surface area contributed by atoms with Crippen LogP contribution in [-0.2, 0) is 0 Å². The topological polar surface area (TPSA) is 0 Å². The lowest BCUT2D eigenvalue weighted by atomic mass is 9.94. The van der Waals surface area contributed by atoms with Gasteiger partial charge in [0.15, 0.2) is 0 Å². The van der Waals surface area contributed by atoms with E-state index in [4.69, 9.17) is 0 Å². The van der Waals surface area contributed by atoms with Gasteiger partial charge in [0.1, 0.15) is 0 Å². The molecule has 72 valence electrons. The van der Waals surface area contributed by atoms with E-state index < -0.39 is 0 Å². The number of hydrogen-bond acceptors (Lipinski definition) is 0. The molecule has 0 aliphatic rings. The Hall–Kier alpha value is -1.04. The van der Waals surface area contributed by atoms with E-state index >= 15 is 0 Å². The molecule has 0 bridgehead atoms. The van der Waals surface area contributed by atoms with E-state index in [9.17, 15) is 0 Å². The fraction of sp³-hybridized carbons (Fsp3) is 0.385. The zero-order valence-corrected chi connectivity index (χ0v) is 9.22. The predicted octanol–water partition coefficient (Wildman–Crippen LogP) is 4.23. The minimum Gasteiger partial charge on any atom is -0.106 e. The molecule has 13 heavy (non-hydrogen) atoms. The summed E-state index contributed by atoms with van der Waals surface area (Å²) in [6.45, 7) is 14.9. The highest BCUT2D eigenvalue weighted by molar-refractivity contribution is 5.35. The van der Waals surface area contributed by atoms with Crippen molar-refractivity contribution in [3.05, 3.63) is 48.0 Å². The molecule has 0 fully saturated rings. The van der Waals surface area contributed by atoms with Crippen LogP contribution in [0, 0.1) is 13.8 Å². The minimum absolute atomic E-state index is 0.649. The maximum atomic E-state index is 3.00. The van der Waals surface area contributed by atoms with Crippen LogP contribution < -0.4 is 0 Å². The average Bonchev–Trinajstić information content (AvgIpc) is 2.07. The Morgan fingerprint density at radius 3 is 1.62 bits per heavy atom. The first-order chi connectivity index (χ1) is 6.13. The van der Waals surface area contributed by atoms with Crippen LogP contribution in [0.15, 0.2) is 31.4 Å². The highest BCUT2D eigenvalue weighted by Gasteiger charge is 2.04. The lowest BCUT2D eigenvalue weighted by Crippen LogP contribution is -1.94. The van der Waals surface area contributed by atoms with Gasteiger partial charge in [-0.15, -0.1) is 13.2 Å². The second-order valence-electron chi connectivity index (χ2n) is 3.46. The van der Waals surface area contributed by atoms with Gasteiger partial charge in [-0.3, -0.25) is 0 Å². The van der Waals surface area contributed by atoms with Crippen molar-refractivity contribution in [2.75, 3.05) is 0 Å². The summed E-state index contributed by atoms with van der Waals surface area (Å²) in [7, 11) is 0. The van der Waals surface area contributed by atoms with Crippen LogP contribution in [0.5, 0.6) is 0 Å². The first kappa shape index (κ1) is 12.0. The van der Waals surface area contributed by atoms with Crippen LogP contribution in [0.2, 0.25) is 0 Å². The summed E-state index contributed by atoms with van der Waals surface area (Å²) in [4.78, 5) is 0. The fourth-order valence-electron chi connectivity index (χ4n) is 1.74. The van der Waals surface area contributed by atoms with E-state index in [-0.39, 0.29) is 0 Å². The molecule has 0 amide bonds. The van der Waals surface area contributed by atoms with Gasteiger partial charge in [-0.2, -0.15) is 0 Å². The Balaban J connectivity index is 0.000000671. The van der Waals surface area contributed by atoms with Crippen LogP contribution >= 0.6 is 0 Å². The minimum atomic E-state index is 0.649. The van der Waals surface area contributed by atoms with Gasteiger partial charge in [0.2, 0.25) is 0 Å². The van der Waals surface area contributed by atoms with Crippen molar-refractivity contribution >= 4 is 0 Å². The van der Waals surface area contributed by atoms with Crippen LogP contribution in [0.1, 0.15) is 36.5 Å². The Kier molecular flexibility index (Phi) is 5.13. The maximum Gasteiger partial charge on any atom is -0.0214 e. The first-order valence-electron chi connectivity index (χ1n) is 4.69. The molecule has 0 aromatic heterocycles. The lowest BCUT2D eigenvalue weighted by molar-refractivity contribution is 0.846. The van der Waals surface area contributed by atoms with Crippen molar-refractivity contribution in [2.24, 2.45) is 0 Å². The molecular formula is C13H20. The number of rotatable bonds is 1. The van der Waals surface area contributed by atoms with Gasteiger partial charge in [-0.25, -0.2) is 0 Å². The van der Waals surface area contributed by atoms with Gasteiger partial charge in [0.25, 0.3) is 0 Å². The van der Waals surface area contributed by atoms with E-state index in [0.717, 1.165) is 0 Å². The second-order valence-corrected chi connectivity index (χ2v) is 3.46. The Morgan fingerprint density at radius 1 is 1.00 bits per heavy atom. The Labute approximate surface area is 82.3 Å². The average molecular weight is 176 g/mol. The molecule has 0 atom stereocenters. The van der Waals surface area contributed by atoms with Crippen LogP contribution in [0.25, 0.3) is 0 Å². The number of hydrogen-bond donors (Lipinski definition) is 0. The molecule has 0 saturated carbocycles. The predicted molar refractivity (Wildman–Crippen MR) is 61.3 cm³/mol. The summed E-state index contributed by atoms with van der Waals surface area (Å²) >= 11 is 0. The molecule has 0 heteroatoms. The van der Waals surface area contributed by atoms with E-state index in [2.05, 4.69) is 59.1 Å². The van der Waals surface area contributed by atoms with Gasteiger partial charge >= 0.3 is 0 Å². The Bertz CT molecular complexity index is 238. The van der Waals surface area contributed by atoms with E-state index in [1.807, 2.05) is 0 Å². The fourth-order valence-corrected chi connectivity index (χ4v) is 1.74. The van der Waals surface area contributed by atoms with E-state index in [1.165, 1.54) is 16.7 Å². The zero-order valence-electron chi connectivity index (χ0n) is 9.22. The molecule has 0 saturated heterocycles. The number of benzene rings is 1. The van der Waals surface area contributed by atoms with E-state index in [0.29, 0.717) is 5.92 Å². The molecule has 0 nitrogen and oxygen atoms in total. The molecular weight excluding hydrogens is 156 g/mol. The summed E-state index contributed by atoms with van der Waals surface area (Å²) in [6, 6.07) is 6.49. The molecule has 0 unspecified atom stereocenters. The molecule has 1 aromatic rings. The summed E-state index contributed by atoms with van der Waals surface area (Å²) < 4.78 is 0. The standard InChI is InChI=1S/C11H16.C2H4/c1-8(2)11-9(3)6-5-7-10(11)4;1-2/h5-8H,1-4H3;1-2H2. The van der Waals surface area contributed by atoms with Gasteiger partial charge in [0, 0.05) is 0 Å². The summed E-state index contributed by atoms with van der Waals surface area (Å²) in [5.74, 6) is 0.649. The summed E-state index contributed by atoms with van der Waals surface area (Å²) in [5.41, 5.74) is 4.34. The molecule has 0 aliphatic heterocycles. The summed E-state index contributed by atoms with van der Waals surface area (Å²) in [6.07, 6.45) is 0. The third kappa shape index (κ3) is 3.06. The van der Waals surface area contributed by atoms with Crippen LogP contribution in [0.3, 0.4) is 0 Å². The number of aryl methyl sites for hydroxylation is 2. The molecule has 0 heterocycles. The van der Waals surface area contributed by atoms with Crippen molar-refractivity contribution in [1.29, 1.82) is 0 Å². The maximum absolute atomic E-state index is 3.00. The van der Waals surface area contributed by atoms with E-state index in [1.54, 1.807) is 0 Å². The molecule has 0 aliphatic carbocycles. The third-order valence-electron chi connectivity index (χ3n) is 2.12. The SMILES string of the molecule is C=C.Cc1cccc(C)c1C(C)C. The van der Waals surface area contributed by atoms with Crippen molar-refractivity contribution in [1.82, 2.24) is 0 Å². The third-order valence-corrected chi connectivity index (χ3v) is 2.12. The van der Waals surface area contributed by atoms with Gasteiger partial charge in [-0.1, -0.05) is 32.0 Å².